The van der Waals surface area contributed by atoms with Crippen LogP contribution < -0.4 is 4.90 Å². The van der Waals surface area contributed by atoms with E-state index in [-0.39, 0.29) is 5.75 Å². The van der Waals surface area contributed by atoms with Crippen molar-refractivity contribution in [1.82, 2.24) is 4.98 Å². The van der Waals surface area contributed by atoms with Gasteiger partial charge < -0.3 is 10.0 Å². The normalized spacial score (nSPS) is 11.2. The largest absolute Gasteiger partial charge is 0.507 e. The van der Waals surface area contributed by atoms with E-state index >= 15 is 0 Å². The lowest BCUT2D eigenvalue weighted by molar-refractivity contribution is 0.474. The Morgan fingerprint density at radius 1 is 0.955 bits per heavy atom. The van der Waals surface area contributed by atoms with Gasteiger partial charge in [-0.1, -0.05) is 24.3 Å². The summed E-state index contributed by atoms with van der Waals surface area (Å²) in [5.74, 6) is 0.267. The van der Waals surface area contributed by atoms with Crippen molar-refractivity contribution < 1.29 is 5.11 Å². The predicted octanol–water partition coefficient (Wildman–Crippen LogP) is 4.18. The van der Waals surface area contributed by atoms with E-state index in [1.54, 1.807) is 6.07 Å². The third kappa shape index (κ3) is 2.93. The molecule has 1 heterocycles. The van der Waals surface area contributed by atoms with Crippen LogP contribution >= 0.6 is 0 Å². The van der Waals surface area contributed by atoms with Gasteiger partial charge in [0.25, 0.3) is 0 Å². The predicted molar refractivity (Wildman–Crippen MR) is 93.1 cm³/mol. The standard InChI is InChI=1S/C19H18N2O/c1-21(2)17-12-9-15(19(22)13-17)8-11-16-10-7-14-5-3-4-6-18(14)20-16/h3-13,22H,1-2H3/b11-8+. The maximum Gasteiger partial charge on any atom is 0.124 e. The molecule has 0 spiro atoms. The number of rotatable bonds is 3. The molecule has 0 saturated heterocycles. The molecule has 3 aromatic rings. The number of benzene rings is 2. The van der Waals surface area contributed by atoms with Gasteiger partial charge >= 0.3 is 0 Å². The number of hydrogen-bond donors (Lipinski definition) is 1. The van der Waals surface area contributed by atoms with Gasteiger partial charge in [-0.2, -0.15) is 0 Å². The Labute approximate surface area is 130 Å². The molecule has 22 heavy (non-hydrogen) atoms. The molecule has 3 heteroatoms. The van der Waals surface area contributed by atoms with Crippen LogP contribution in [0.15, 0.2) is 54.6 Å². The lowest BCUT2D eigenvalue weighted by atomic mass is 10.1. The van der Waals surface area contributed by atoms with Crippen LogP contribution in [-0.2, 0) is 0 Å². The number of pyridine rings is 1. The average Bonchev–Trinajstić information content (AvgIpc) is 2.53. The number of phenolic OH excluding ortho intramolecular Hbond substituents is 1. The Kier molecular flexibility index (Phi) is 3.79. The second-order valence-electron chi connectivity index (χ2n) is 5.40. The van der Waals surface area contributed by atoms with Crippen molar-refractivity contribution in [2.45, 2.75) is 0 Å². The maximum atomic E-state index is 10.1. The summed E-state index contributed by atoms with van der Waals surface area (Å²) in [5.41, 5.74) is 3.59. The molecule has 0 atom stereocenters. The fourth-order valence-electron chi connectivity index (χ4n) is 2.30. The number of nitrogens with zero attached hydrogens (tertiary/aromatic N) is 2. The summed E-state index contributed by atoms with van der Waals surface area (Å²) in [7, 11) is 3.90. The average molecular weight is 290 g/mol. The first kappa shape index (κ1) is 14.1. The number of phenols is 1. The Hall–Kier alpha value is -2.81. The molecule has 110 valence electrons. The zero-order valence-corrected chi connectivity index (χ0v) is 12.7. The van der Waals surface area contributed by atoms with Crippen molar-refractivity contribution >= 4 is 28.7 Å². The van der Waals surface area contributed by atoms with Gasteiger partial charge in [-0.05, 0) is 36.4 Å². The first-order chi connectivity index (χ1) is 10.6. The van der Waals surface area contributed by atoms with Gasteiger partial charge in [-0.3, -0.25) is 0 Å². The van der Waals surface area contributed by atoms with E-state index in [0.29, 0.717) is 0 Å². The number of fused-ring (bicyclic) bond motifs is 1. The molecule has 0 saturated carbocycles. The molecule has 3 nitrogen and oxygen atoms in total. The molecule has 0 bridgehead atoms. The van der Waals surface area contributed by atoms with Crippen LogP contribution in [0.1, 0.15) is 11.3 Å². The Morgan fingerprint density at radius 3 is 2.55 bits per heavy atom. The molecule has 0 aliphatic carbocycles. The topological polar surface area (TPSA) is 36.4 Å². The monoisotopic (exact) mass is 290 g/mol. The van der Waals surface area contributed by atoms with E-state index in [4.69, 9.17) is 0 Å². The van der Waals surface area contributed by atoms with E-state index in [9.17, 15) is 5.11 Å². The van der Waals surface area contributed by atoms with Crippen molar-refractivity contribution in [3.05, 3.63) is 65.9 Å². The van der Waals surface area contributed by atoms with Crippen molar-refractivity contribution in [2.24, 2.45) is 0 Å². The molecule has 1 aromatic heterocycles. The molecule has 0 unspecified atom stereocenters. The SMILES string of the molecule is CN(C)c1ccc(/C=C/c2ccc3ccccc3n2)c(O)c1. The molecule has 0 aliphatic rings. The number of para-hydroxylation sites is 1. The minimum absolute atomic E-state index is 0.267. The van der Waals surface area contributed by atoms with Gasteiger partial charge in [-0.15, -0.1) is 0 Å². The first-order valence-electron chi connectivity index (χ1n) is 7.18. The summed E-state index contributed by atoms with van der Waals surface area (Å²) in [5, 5.41) is 11.2. The summed E-state index contributed by atoms with van der Waals surface area (Å²) in [6, 6.07) is 17.7. The third-order valence-corrected chi connectivity index (χ3v) is 3.58. The summed E-state index contributed by atoms with van der Waals surface area (Å²) in [6.07, 6.45) is 3.79. The van der Waals surface area contributed by atoms with Gasteiger partial charge in [-0.25, -0.2) is 4.98 Å². The molecule has 2 aromatic carbocycles. The molecular formula is C19H18N2O. The molecule has 1 N–H and O–H groups in total. The Morgan fingerprint density at radius 2 is 1.77 bits per heavy atom. The zero-order chi connectivity index (χ0) is 15.5. The zero-order valence-electron chi connectivity index (χ0n) is 12.7. The number of aromatic hydroxyl groups is 1. The Bertz CT molecular complexity index is 838. The first-order valence-corrected chi connectivity index (χ1v) is 7.18. The van der Waals surface area contributed by atoms with Crippen LogP contribution in [0.5, 0.6) is 5.75 Å². The fourth-order valence-corrected chi connectivity index (χ4v) is 2.30. The minimum Gasteiger partial charge on any atom is -0.507 e. The summed E-state index contributed by atoms with van der Waals surface area (Å²) < 4.78 is 0. The van der Waals surface area contributed by atoms with Crippen LogP contribution in [0, 0.1) is 0 Å². The highest BCUT2D eigenvalue weighted by atomic mass is 16.3. The van der Waals surface area contributed by atoms with Crippen LogP contribution in [0.2, 0.25) is 0 Å². The molecular weight excluding hydrogens is 272 g/mol. The minimum atomic E-state index is 0.267. The van der Waals surface area contributed by atoms with E-state index < -0.39 is 0 Å². The second-order valence-corrected chi connectivity index (χ2v) is 5.40. The van der Waals surface area contributed by atoms with Crippen LogP contribution in [-0.4, -0.2) is 24.2 Å². The summed E-state index contributed by atoms with van der Waals surface area (Å²) in [4.78, 5) is 6.55. The van der Waals surface area contributed by atoms with Gasteiger partial charge in [0.15, 0.2) is 0 Å². The highest BCUT2D eigenvalue weighted by molar-refractivity contribution is 5.81. The Balaban J connectivity index is 1.89. The van der Waals surface area contributed by atoms with Crippen molar-refractivity contribution in [1.29, 1.82) is 0 Å². The summed E-state index contributed by atoms with van der Waals surface area (Å²) in [6.45, 7) is 0. The van der Waals surface area contributed by atoms with Crippen molar-refractivity contribution in [2.75, 3.05) is 19.0 Å². The van der Waals surface area contributed by atoms with Crippen molar-refractivity contribution in [3.63, 3.8) is 0 Å². The lowest BCUT2D eigenvalue weighted by Crippen LogP contribution is -2.08. The highest BCUT2D eigenvalue weighted by Gasteiger charge is 2.01. The van der Waals surface area contributed by atoms with Crippen LogP contribution in [0.3, 0.4) is 0 Å². The molecule has 0 fully saturated rings. The third-order valence-electron chi connectivity index (χ3n) is 3.58. The fraction of sp³-hybridized carbons (Fsp3) is 0.105. The van der Waals surface area contributed by atoms with Gasteiger partial charge in [0.1, 0.15) is 5.75 Å². The number of aromatic nitrogens is 1. The second kappa shape index (κ2) is 5.90. The molecule has 3 rings (SSSR count). The molecule has 0 amide bonds. The lowest BCUT2D eigenvalue weighted by Gasteiger charge is -2.13. The van der Waals surface area contributed by atoms with E-state index in [2.05, 4.69) is 11.1 Å². The van der Waals surface area contributed by atoms with E-state index in [0.717, 1.165) is 27.8 Å². The number of hydrogen-bond acceptors (Lipinski definition) is 3. The van der Waals surface area contributed by atoms with Gasteiger partial charge in [0.05, 0.1) is 11.2 Å². The highest BCUT2D eigenvalue weighted by Crippen LogP contribution is 2.25. The van der Waals surface area contributed by atoms with Crippen molar-refractivity contribution in [3.8, 4) is 5.75 Å². The number of anilines is 1. The van der Waals surface area contributed by atoms with Crippen LogP contribution in [0.4, 0.5) is 5.69 Å². The molecule has 0 radical (unpaired) electrons. The molecule has 0 aliphatic heterocycles. The van der Waals surface area contributed by atoms with Gasteiger partial charge in [0.2, 0.25) is 0 Å². The van der Waals surface area contributed by atoms with Gasteiger partial charge in [0, 0.05) is 36.8 Å². The van der Waals surface area contributed by atoms with Crippen LogP contribution in [0.25, 0.3) is 23.1 Å². The smallest absolute Gasteiger partial charge is 0.124 e. The quantitative estimate of drug-likeness (QED) is 0.786. The summed E-state index contributed by atoms with van der Waals surface area (Å²) >= 11 is 0. The van der Waals surface area contributed by atoms with E-state index in [1.165, 1.54) is 0 Å². The maximum absolute atomic E-state index is 10.1. The van der Waals surface area contributed by atoms with E-state index in [1.807, 2.05) is 73.6 Å².